The minimum Gasteiger partial charge on any atom is -0.444 e. The van der Waals surface area contributed by atoms with Crippen molar-refractivity contribution in [1.82, 2.24) is 14.9 Å². The largest absolute Gasteiger partial charge is 0.444 e. The molecule has 142 valence electrons. The van der Waals surface area contributed by atoms with Gasteiger partial charge in [-0.25, -0.2) is 19.2 Å². The van der Waals surface area contributed by atoms with E-state index < -0.39 is 12.2 Å². The molecule has 2 heterocycles. The predicted octanol–water partition coefficient (Wildman–Crippen LogP) is 2.25. The average molecular weight is 373 g/mol. The van der Waals surface area contributed by atoms with Crippen molar-refractivity contribution in [2.24, 2.45) is 4.99 Å². The molecule has 3 rings (SSSR count). The number of carbonyl (C=O) groups excluding carboxylic acids is 1. The third kappa shape index (κ3) is 4.76. The zero-order valence-electron chi connectivity index (χ0n) is 14.8. The Labute approximate surface area is 155 Å². The van der Waals surface area contributed by atoms with Crippen LogP contribution in [0.3, 0.4) is 0 Å². The summed E-state index contributed by atoms with van der Waals surface area (Å²) in [6.45, 7) is 2.53. The number of carbonyl (C=O) groups is 1. The molecular weight excluding hydrogens is 353 g/mol. The molecule has 0 saturated carbocycles. The first-order valence-electron chi connectivity index (χ1n) is 8.41. The number of aliphatic imine (C=N–C) groups is 1. The zero-order chi connectivity index (χ0) is 19.2. The van der Waals surface area contributed by atoms with Gasteiger partial charge < -0.3 is 20.1 Å². The summed E-state index contributed by atoms with van der Waals surface area (Å²) in [7, 11) is 0. The Morgan fingerprint density at radius 3 is 3.22 bits per heavy atom. The second-order valence-corrected chi connectivity index (χ2v) is 6.03. The van der Waals surface area contributed by atoms with E-state index in [4.69, 9.17) is 15.2 Å². The van der Waals surface area contributed by atoms with Crippen molar-refractivity contribution in [1.29, 1.82) is 0 Å². The lowest BCUT2D eigenvalue weighted by Gasteiger charge is -2.30. The van der Waals surface area contributed by atoms with E-state index in [1.165, 1.54) is 17.4 Å². The number of nitrogens with two attached hydrogens (primary N) is 1. The van der Waals surface area contributed by atoms with E-state index in [0.717, 1.165) is 0 Å². The molecule has 1 fully saturated rings. The lowest BCUT2D eigenvalue weighted by atomic mass is 10.1. The van der Waals surface area contributed by atoms with Gasteiger partial charge in [0.05, 0.1) is 19.3 Å². The summed E-state index contributed by atoms with van der Waals surface area (Å²) < 4.78 is 24.8. The maximum Gasteiger partial charge on any atom is 0.410 e. The van der Waals surface area contributed by atoms with E-state index in [1.54, 1.807) is 31.3 Å². The topological polar surface area (TPSA) is 103 Å². The highest BCUT2D eigenvalue weighted by Crippen LogP contribution is 2.17. The molecule has 1 aromatic heterocycles. The van der Waals surface area contributed by atoms with Crippen molar-refractivity contribution >= 4 is 23.8 Å². The molecular formula is C18H20FN5O3. The van der Waals surface area contributed by atoms with Gasteiger partial charge in [-0.05, 0) is 12.5 Å². The zero-order valence-corrected chi connectivity index (χ0v) is 14.8. The number of nitrogen functional groups attached to an aromatic ring is 1. The van der Waals surface area contributed by atoms with E-state index >= 15 is 0 Å². The smallest absolute Gasteiger partial charge is 0.410 e. The SMILES string of the molecule is Cc1cccc(COC(=O)N2CCO[C@H](C=Nc3cncnc3N)C2)c1F. The monoisotopic (exact) mass is 373 g/mol. The Balaban J connectivity index is 1.56. The van der Waals surface area contributed by atoms with Gasteiger partial charge in [-0.2, -0.15) is 0 Å². The van der Waals surface area contributed by atoms with Gasteiger partial charge in [-0.3, -0.25) is 4.99 Å². The number of halogens is 1. The van der Waals surface area contributed by atoms with Gasteiger partial charge in [0, 0.05) is 18.3 Å². The van der Waals surface area contributed by atoms with Crippen molar-refractivity contribution in [2.75, 3.05) is 25.4 Å². The normalized spacial score (nSPS) is 17.3. The number of aromatic nitrogens is 2. The number of rotatable bonds is 4. The molecule has 0 aliphatic carbocycles. The number of aryl methyl sites for hydroxylation is 1. The fourth-order valence-electron chi connectivity index (χ4n) is 2.58. The van der Waals surface area contributed by atoms with Crippen LogP contribution in [0.5, 0.6) is 0 Å². The van der Waals surface area contributed by atoms with Gasteiger partial charge in [0.25, 0.3) is 0 Å². The molecule has 1 aromatic carbocycles. The molecule has 2 N–H and O–H groups in total. The summed E-state index contributed by atoms with van der Waals surface area (Å²) in [5, 5.41) is 0. The Morgan fingerprint density at radius 2 is 2.41 bits per heavy atom. The summed E-state index contributed by atoms with van der Waals surface area (Å²) in [4.78, 5) is 25.7. The Morgan fingerprint density at radius 1 is 1.56 bits per heavy atom. The van der Waals surface area contributed by atoms with Crippen molar-refractivity contribution < 1.29 is 18.7 Å². The average Bonchev–Trinajstić information content (AvgIpc) is 2.68. The summed E-state index contributed by atoms with van der Waals surface area (Å²) in [5.74, 6) is -0.103. The molecule has 0 unspecified atom stereocenters. The molecule has 2 aromatic rings. The minimum absolute atomic E-state index is 0.125. The van der Waals surface area contributed by atoms with Crippen LogP contribution in [0.2, 0.25) is 0 Å². The van der Waals surface area contributed by atoms with Crippen LogP contribution in [-0.4, -0.2) is 53.0 Å². The van der Waals surface area contributed by atoms with Crippen molar-refractivity contribution in [3.63, 3.8) is 0 Å². The first-order chi connectivity index (χ1) is 13.0. The van der Waals surface area contributed by atoms with Gasteiger partial charge in [0.15, 0.2) is 5.82 Å². The molecule has 1 saturated heterocycles. The van der Waals surface area contributed by atoms with Gasteiger partial charge in [0.1, 0.15) is 30.5 Å². The van der Waals surface area contributed by atoms with E-state index in [2.05, 4.69) is 15.0 Å². The number of ether oxygens (including phenoxy) is 2. The number of anilines is 1. The molecule has 8 nitrogen and oxygen atoms in total. The fraction of sp³-hybridized carbons (Fsp3) is 0.333. The Hall–Kier alpha value is -3.07. The van der Waals surface area contributed by atoms with Crippen LogP contribution in [-0.2, 0) is 16.1 Å². The van der Waals surface area contributed by atoms with Crippen molar-refractivity contribution in [2.45, 2.75) is 19.6 Å². The molecule has 9 heteroatoms. The summed E-state index contributed by atoms with van der Waals surface area (Å²) >= 11 is 0. The highest BCUT2D eigenvalue weighted by atomic mass is 19.1. The third-order valence-electron chi connectivity index (χ3n) is 4.08. The maximum atomic E-state index is 14.0. The fourth-order valence-corrected chi connectivity index (χ4v) is 2.58. The number of nitrogens with zero attached hydrogens (tertiary/aromatic N) is 4. The van der Waals surface area contributed by atoms with Crippen LogP contribution in [0.4, 0.5) is 20.7 Å². The van der Waals surface area contributed by atoms with Crippen LogP contribution in [0.1, 0.15) is 11.1 Å². The standard InChI is InChI=1S/C18H20FN5O3/c1-12-3-2-4-13(16(12)19)10-27-18(25)24-5-6-26-14(9-24)7-22-15-8-21-11-23-17(15)20/h2-4,7-8,11,14H,5-6,9-10H2,1H3,(H2,20,21,23)/t14-/m1/s1. The van der Waals surface area contributed by atoms with E-state index in [-0.39, 0.29) is 24.8 Å². The molecule has 0 radical (unpaired) electrons. The van der Waals surface area contributed by atoms with Crippen molar-refractivity contribution in [3.05, 3.63) is 47.7 Å². The van der Waals surface area contributed by atoms with Crippen LogP contribution < -0.4 is 5.73 Å². The van der Waals surface area contributed by atoms with E-state index in [9.17, 15) is 9.18 Å². The number of amides is 1. The molecule has 27 heavy (non-hydrogen) atoms. The van der Waals surface area contributed by atoms with Gasteiger partial charge in [-0.15, -0.1) is 0 Å². The number of benzene rings is 1. The van der Waals surface area contributed by atoms with E-state index in [1.807, 2.05) is 0 Å². The second kappa shape index (κ2) is 8.54. The molecule has 1 aliphatic rings. The van der Waals surface area contributed by atoms with Crippen LogP contribution in [0.15, 0.2) is 35.7 Å². The van der Waals surface area contributed by atoms with Gasteiger partial charge >= 0.3 is 6.09 Å². The number of morpholine rings is 1. The molecule has 1 amide bonds. The van der Waals surface area contributed by atoms with E-state index in [0.29, 0.717) is 30.0 Å². The van der Waals surface area contributed by atoms with Crippen molar-refractivity contribution in [3.8, 4) is 0 Å². The summed E-state index contributed by atoms with van der Waals surface area (Å²) in [6.07, 6.45) is 3.43. The number of hydrogen-bond donors (Lipinski definition) is 1. The first-order valence-corrected chi connectivity index (χ1v) is 8.41. The Bertz CT molecular complexity index is 845. The number of hydrogen-bond acceptors (Lipinski definition) is 7. The van der Waals surface area contributed by atoms with Gasteiger partial charge in [-0.1, -0.05) is 18.2 Å². The molecule has 1 aliphatic heterocycles. The quantitative estimate of drug-likeness (QED) is 0.825. The summed E-state index contributed by atoms with van der Waals surface area (Å²) in [6, 6.07) is 4.98. The minimum atomic E-state index is -0.528. The highest BCUT2D eigenvalue weighted by molar-refractivity contribution is 5.73. The van der Waals surface area contributed by atoms with Crippen LogP contribution in [0.25, 0.3) is 0 Å². The van der Waals surface area contributed by atoms with Crippen LogP contribution >= 0.6 is 0 Å². The molecule has 0 spiro atoms. The summed E-state index contributed by atoms with van der Waals surface area (Å²) in [5.41, 5.74) is 6.99. The predicted molar refractivity (Wildman–Crippen MR) is 97.2 cm³/mol. The lowest BCUT2D eigenvalue weighted by molar-refractivity contribution is 0.00312. The molecule has 0 bridgehead atoms. The first kappa shape index (κ1) is 18.7. The second-order valence-electron chi connectivity index (χ2n) is 6.03. The maximum absolute atomic E-state index is 14.0. The van der Waals surface area contributed by atoms with Gasteiger partial charge in [0.2, 0.25) is 0 Å². The highest BCUT2D eigenvalue weighted by Gasteiger charge is 2.24. The molecule has 1 atom stereocenters. The van der Waals surface area contributed by atoms with Crippen LogP contribution in [0, 0.1) is 12.7 Å². The Kier molecular flexibility index (Phi) is 5.92. The lowest BCUT2D eigenvalue weighted by Crippen LogP contribution is -2.46. The third-order valence-corrected chi connectivity index (χ3v) is 4.08.